The molecule has 1 heterocycles. The van der Waals surface area contributed by atoms with E-state index in [-0.39, 0.29) is 6.61 Å². The monoisotopic (exact) mass is 380 g/mol. The van der Waals surface area contributed by atoms with Gasteiger partial charge in [-0.3, -0.25) is 4.79 Å². The largest absolute Gasteiger partial charge is 0.482 e. The van der Waals surface area contributed by atoms with Crippen molar-refractivity contribution in [3.8, 4) is 27.4 Å². The number of carboxylic acids is 1. The Morgan fingerprint density at radius 3 is 2.37 bits per heavy atom. The van der Waals surface area contributed by atoms with Crippen molar-refractivity contribution in [3.63, 3.8) is 0 Å². The van der Waals surface area contributed by atoms with E-state index in [1.807, 2.05) is 36.4 Å². The predicted molar refractivity (Wildman–Crippen MR) is 104 cm³/mol. The zero-order valence-corrected chi connectivity index (χ0v) is 15.0. The lowest BCUT2D eigenvalue weighted by Gasteiger charge is -2.06. The van der Waals surface area contributed by atoms with E-state index in [9.17, 15) is 9.59 Å². The number of nitrogens with two attached hydrogens (primary N) is 1. The smallest absolute Gasteiger partial charge is 0.341 e. The normalized spacial score (nSPS) is 10.8. The zero-order valence-electron chi connectivity index (χ0n) is 14.2. The van der Waals surface area contributed by atoms with Crippen LogP contribution in [0.25, 0.3) is 27.8 Å². The van der Waals surface area contributed by atoms with Gasteiger partial charge in [-0.05, 0) is 41.5 Å². The highest BCUT2D eigenvalue weighted by atomic mass is 32.1. The van der Waals surface area contributed by atoms with E-state index in [1.165, 1.54) is 17.4 Å². The summed E-state index contributed by atoms with van der Waals surface area (Å²) in [6.07, 6.45) is 2.98. The third kappa shape index (κ3) is 4.80. The summed E-state index contributed by atoms with van der Waals surface area (Å²) in [5.41, 5.74) is 10.5. The van der Waals surface area contributed by atoms with Crippen LogP contribution < -0.4 is 10.5 Å². The van der Waals surface area contributed by atoms with Crippen LogP contribution in [0.2, 0.25) is 0 Å². The number of aromatic nitrogens is 1. The Morgan fingerprint density at radius 1 is 1.07 bits per heavy atom. The Kier molecular flexibility index (Phi) is 5.63. The second-order valence-corrected chi connectivity index (χ2v) is 6.45. The van der Waals surface area contributed by atoms with Gasteiger partial charge in [0.25, 0.3) is 0 Å². The molecule has 0 radical (unpaired) electrons. The van der Waals surface area contributed by atoms with Crippen LogP contribution in [0, 0.1) is 0 Å². The maximum atomic E-state index is 10.8. The topological polar surface area (TPSA) is 103 Å². The molecule has 2 aromatic carbocycles. The number of nitrogens with zero attached hydrogens (tertiary/aromatic N) is 1. The fourth-order valence-electron chi connectivity index (χ4n) is 2.43. The van der Waals surface area contributed by atoms with Gasteiger partial charge in [-0.1, -0.05) is 24.3 Å². The maximum absolute atomic E-state index is 10.8. The molecular formula is C20H16N2O4S. The quantitative estimate of drug-likeness (QED) is 0.611. The number of carbonyl (C=O) groups is 2. The van der Waals surface area contributed by atoms with Gasteiger partial charge in [-0.15, -0.1) is 11.3 Å². The van der Waals surface area contributed by atoms with E-state index >= 15 is 0 Å². The molecule has 0 aliphatic carbocycles. The third-order valence-corrected chi connectivity index (χ3v) is 4.55. The first-order valence-electron chi connectivity index (χ1n) is 7.99. The minimum Gasteiger partial charge on any atom is -0.482 e. The van der Waals surface area contributed by atoms with Crippen molar-refractivity contribution in [1.82, 2.24) is 4.98 Å². The van der Waals surface area contributed by atoms with Crippen molar-refractivity contribution < 1.29 is 19.4 Å². The number of rotatable bonds is 7. The van der Waals surface area contributed by atoms with Crippen molar-refractivity contribution in [2.45, 2.75) is 0 Å². The predicted octanol–water partition coefficient (Wildman–Crippen LogP) is 3.44. The molecule has 3 aromatic rings. The molecule has 0 atom stereocenters. The van der Waals surface area contributed by atoms with Gasteiger partial charge in [0, 0.05) is 11.6 Å². The van der Waals surface area contributed by atoms with Crippen LogP contribution in [0.4, 0.5) is 0 Å². The molecule has 7 heteroatoms. The van der Waals surface area contributed by atoms with Crippen molar-refractivity contribution >= 4 is 29.3 Å². The van der Waals surface area contributed by atoms with Gasteiger partial charge in [-0.25, -0.2) is 9.78 Å². The molecule has 0 fully saturated rings. The SMILES string of the molecule is NC(=O)/C=C/c1ccc(-c2scnc2-c2ccc(OCC(=O)O)cc2)cc1. The summed E-state index contributed by atoms with van der Waals surface area (Å²) in [5.74, 6) is -1.02. The molecule has 0 aliphatic rings. The van der Waals surface area contributed by atoms with Crippen LogP contribution in [-0.2, 0) is 9.59 Å². The van der Waals surface area contributed by atoms with Gasteiger partial charge in [0.2, 0.25) is 5.91 Å². The molecule has 27 heavy (non-hydrogen) atoms. The number of aliphatic carboxylic acids is 1. The van der Waals surface area contributed by atoms with Crippen LogP contribution in [0.15, 0.2) is 60.1 Å². The van der Waals surface area contributed by atoms with Gasteiger partial charge in [0.1, 0.15) is 5.75 Å². The number of thiazole rings is 1. The highest BCUT2D eigenvalue weighted by Gasteiger charge is 2.11. The molecule has 0 saturated carbocycles. The maximum Gasteiger partial charge on any atom is 0.341 e. The fourth-order valence-corrected chi connectivity index (χ4v) is 3.25. The summed E-state index contributed by atoms with van der Waals surface area (Å²) >= 11 is 1.53. The van der Waals surface area contributed by atoms with E-state index in [0.717, 1.165) is 27.3 Å². The Morgan fingerprint density at radius 2 is 1.74 bits per heavy atom. The molecule has 0 spiro atoms. The van der Waals surface area contributed by atoms with E-state index in [2.05, 4.69) is 4.98 Å². The minimum absolute atomic E-state index is 0.377. The molecule has 3 rings (SSSR count). The number of hydrogen-bond acceptors (Lipinski definition) is 5. The lowest BCUT2D eigenvalue weighted by atomic mass is 10.1. The number of carboxylic acid groups (broad SMARTS) is 1. The zero-order chi connectivity index (χ0) is 19.2. The van der Waals surface area contributed by atoms with Crippen LogP contribution >= 0.6 is 11.3 Å². The van der Waals surface area contributed by atoms with Gasteiger partial charge >= 0.3 is 5.97 Å². The second kappa shape index (κ2) is 8.29. The lowest BCUT2D eigenvalue weighted by molar-refractivity contribution is -0.139. The highest BCUT2D eigenvalue weighted by molar-refractivity contribution is 7.13. The summed E-state index contributed by atoms with van der Waals surface area (Å²) < 4.78 is 5.15. The van der Waals surface area contributed by atoms with E-state index in [1.54, 1.807) is 23.7 Å². The van der Waals surface area contributed by atoms with Crippen molar-refractivity contribution in [1.29, 1.82) is 0 Å². The number of carbonyl (C=O) groups excluding carboxylic acids is 1. The number of primary amides is 1. The fraction of sp³-hybridized carbons (Fsp3) is 0.0500. The Hall–Kier alpha value is -3.45. The molecule has 0 saturated heterocycles. The van der Waals surface area contributed by atoms with Gasteiger partial charge in [0.05, 0.1) is 16.1 Å². The van der Waals surface area contributed by atoms with Crippen LogP contribution in [-0.4, -0.2) is 28.6 Å². The highest BCUT2D eigenvalue weighted by Crippen LogP contribution is 2.35. The standard InChI is InChI=1S/C20H16N2O4S/c21-17(23)10-3-13-1-4-15(5-2-13)20-19(22-12-27-20)14-6-8-16(9-7-14)26-11-18(24)25/h1-10,12H,11H2,(H2,21,23)(H,24,25)/b10-3+. The Bertz CT molecular complexity index is 976. The summed E-state index contributed by atoms with van der Waals surface area (Å²) in [4.78, 5) is 26.9. The lowest BCUT2D eigenvalue weighted by Crippen LogP contribution is -2.09. The summed E-state index contributed by atoms with van der Waals surface area (Å²) in [7, 11) is 0. The number of hydrogen-bond donors (Lipinski definition) is 2. The summed E-state index contributed by atoms with van der Waals surface area (Å²) in [6.45, 7) is -0.377. The molecule has 3 N–H and O–H groups in total. The average Bonchev–Trinajstić information content (AvgIpc) is 3.15. The van der Waals surface area contributed by atoms with Crippen LogP contribution in [0.1, 0.15) is 5.56 Å². The molecule has 0 aliphatic heterocycles. The summed E-state index contributed by atoms with van der Waals surface area (Å²) in [6, 6.07) is 14.9. The third-order valence-electron chi connectivity index (χ3n) is 3.67. The van der Waals surface area contributed by atoms with E-state index in [0.29, 0.717) is 5.75 Å². The second-order valence-electron chi connectivity index (χ2n) is 5.59. The number of amides is 1. The number of ether oxygens (including phenoxy) is 1. The molecule has 1 aromatic heterocycles. The van der Waals surface area contributed by atoms with Gasteiger partial charge in [-0.2, -0.15) is 0 Å². The molecule has 0 unspecified atom stereocenters. The minimum atomic E-state index is -1.02. The Balaban J connectivity index is 1.81. The molecule has 1 amide bonds. The van der Waals surface area contributed by atoms with Crippen molar-refractivity contribution in [2.24, 2.45) is 5.73 Å². The van der Waals surface area contributed by atoms with Crippen molar-refractivity contribution in [3.05, 3.63) is 65.7 Å². The molecule has 0 bridgehead atoms. The molecular weight excluding hydrogens is 364 g/mol. The van der Waals surface area contributed by atoms with Gasteiger partial charge < -0.3 is 15.6 Å². The summed E-state index contributed by atoms with van der Waals surface area (Å²) in [5, 5.41) is 8.66. The first-order chi connectivity index (χ1) is 13.0. The molecule has 136 valence electrons. The molecule has 6 nitrogen and oxygen atoms in total. The van der Waals surface area contributed by atoms with Crippen LogP contribution in [0.3, 0.4) is 0 Å². The Labute approximate surface area is 159 Å². The van der Waals surface area contributed by atoms with E-state index < -0.39 is 11.9 Å². The first kappa shape index (κ1) is 18.3. The average molecular weight is 380 g/mol. The van der Waals surface area contributed by atoms with Crippen LogP contribution in [0.5, 0.6) is 5.75 Å². The first-order valence-corrected chi connectivity index (χ1v) is 8.87. The van der Waals surface area contributed by atoms with Crippen molar-refractivity contribution in [2.75, 3.05) is 6.61 Å². The number of benzene rings is 2. The van der Waals surface area contributed by atoms with E-state index in [4.69, 9.17) is 15.6 Å². The van der Waals surface area contributed by atoms with Gasteiger partial charge in [0.15, 0.2) is 6.61 Å².